The molecule has 5 heteroatoms. The van der Waals surface area contributed by atoms with E-state index in [0.29, 0.717) is 6.79 Å². The van der Waals surface area contributed by atoms with E-state index in [1.54, 1.807) is 0 Å². The third-order valence-corrected chi connectivity index (χ3v) is 4.46. The van der Waals surface area contributed by atoms with Crippen molar-refractivity contribution in [3.63, 3.8) is 0 Å². The second-order valence-corrected chi connectivity index (χ2v) is 6.37. The van der Waals surface area contributed by atoms with Gasteiger partial charge in [-0.1, -0.05) is 12.1 Å². The van der Waals surface area contributed by atoms with E-state index >= 15 is 0 Å². The number of β-amino-alcohol motifs (C(OH)–C–C–N with tert-alkyl or cyclic N) is 1. The minimum atomic E-state index is -0.225. The summed E-state index contributed by atoms with van der Waals surface area (Å²) in [7, 11) is 0. The van der Waals surface area contributed by atoms with Gasteiger partial charge >= 0.3 is 0 Å². The molecular formula is C17H26N2O3. The first-order chi connectivity index (χ1) is 10.7. The van der Waals surface area contributed by atoms with Crippen LogP contribution >= 0.6 is 0 Å². The molecule has 0 spiro atoms. The van der Waals surface area contributed by atoms with Gasteiger partial charge in [0.15, 0.2) is 11.5 Å². The van der Waals surface area contributed by atoms with Crippen molar-refractivity contribution in [2.45, 2.75) is 32.4 Å². The van der Waals surface area contributed by atoms with Crippen LogP contribution in [0.3, 0.4) is 0 Å². The van der Waals surface area contributed by atoms with Crippen LogP contribution in [-0.2, 0) is 6.54 Å². The van der Waals surface area contributed by atoms with E-state index in [4.69, 9.17) is 9.47 Å². The summed E-state index contributed by atoms with van der Waals surface area (Å²) in [4.78, 5) is 2.36. The van der Waals surface area contributed by atoms with Gasteiger partial charge in [0.05, 0.1) is 6.10 Å². The molecule has 5 nitrogen and oxygen atoms in total. The number of para-hydroxylation sites is 1. The largest absolute Gasteiger partial charge is 0.454 e. The fourth-order valence-corrected chi connectivity index (χ4v) is 3.29. The molecule has 3 rings (SSSR count). The first-order valence-corrected chi connectivity index (χ1v) is 8.21. The van der Waals surface area contributed by atoms with Crippen molar-refractivity contribution in [2.24, 2.45) is 5.92 Å². The smallest absolute Gasteiger partial charge is 0.231 e. The van der Waals surface area contributed by atoms with Crippen molar-refractivity contribution in [3.05, 3.63) is 23.8 Å². The summed E-state index contributed by atoms with van der Waals surface area (Å²) in [6.07, 6.45) is 2.18. The van der Waals surface area contributed by atoms with Crippen molar-refractivity contribution in [3.8, 4) is 11.5 Å². The molecular weight excluding hydrogens is 280 g/mol. The van der Waals surface area contributed by atoms with Crippen LogP contribution in [0.5, 0.6) is 11.5 Å². The molecule has 0 radical (unpaired) electrons. The van der Waals surface area contributed by atoms with Crippen LogP contribution in [0.2, 0.25) is 0 Å². The maximum Gasteiger partial charge on any atom is 0.231 e. The Morgan fingerprint density at radius 3 is 2.91 bits per heavy atom. The van der Waals surface area contributed by atoms with Gasteiger partial charge in [-0.25, -0.2) is 0 Å². The first kappa shape index (κ1) is 15.6. The fraction of sp³-hybridized carbons (Fsp3) is 0.647. The lowest BCUT2D eigenvalue weighted by molar-refractivity contribution is 0.0998. The molecule has 1 fully saturated rings. The molecule has 0 aliphatic carbocycles. The van der Waals surface area contributed by atoms with Crippen LogP contribution in [0, 0.1) is 5.92 Å². The van der Waals surface area contributed by atoms with Crippen molar-refractivity contribution in [1.82, 2.24) is 10.2 Å². The van der Waals surface area contributed by atoms with Gasteiger partial charge in [0.2, 0.25) is 6.79 Å². The van der Waals surface area contributed by atoms with Crippen LogP contribution in [0.15, 0.2) is 18.2 Å². The number of piperidine rings is 1. The number of fused-ring (bicyclic) bond motifs is 1. The number of aliphatic hydroxyl groups is 1. The lowest BCUT2D eigenvalue weighted by Gasteiger charge is -2.32. The highest BCUT2D eigenvalue weighted by molar-refractivity contribution is 5.48. The molecule has 0 saturated carbocycles. The van der Waals surface area contributed by atoms with Crippen molar-refractivity contribution >= 4 is 0 Å². The van der Waals surface area contributed by atoms with E-state index in [9.17, 15) is 5.11 Å². The second kappa shape index (κ2) is 7.31. The summed E-state index contributed by atoms with van der Waals surface area (Å²) >= 11 is 0. The molecule has 2 N–H and O–H groups in total. The topological polar surface area (TPSA) is 54.0 Å². The highest BCUT2D eigenvalue weighted by Crippen LogP contribution is 2.35. The number of hydrogen-bond acceptors (Lipinski definition) is 5. The molecule has 0 bridgehead atoms. The van der Waals surface area contributed by atoms with E-state index in [0.717, 1.165) is 50.1 Å². The Kier molecular flexibility index (Phi) is 5.18. The second-order valence-electron chi connectivity index (χ2n) is 6.37. The van der Waals surface area contributed by atoms with E-state index in [2.05, 4.69) is 16.3 Å². The maximum atomic E-state index is 9.44. The number of nitrogens with zero attached hydrogens (tertiary/aromatic N) is 1. The van der Waals surface area contributed by atoms with Gasteiger partial charge in [0, 0.05) is 18.7 Å². The number of rotatable bonds is 6. The predicted molar refractivity (Wildman–Crippen MR) is 85.1 cm³/mol. The summed E-state index contributed by atoms with van der Waals surface area (Å²) < 4.78 is 10.9. The Morgan fingerprint density at radius 2 is 2.14 bits per heavy atom. The molecule has 1 aromatic rings. The molecule has 0 amide bonds. The number of benzene rings is 1. The minimum Gasteiger partial charge on any atom is -0.454 e. The Hall–Kier alpha value is -1.30. The third-order valence-electron chi connectivity index (χ3n) is 4.46. The molecule has 2 aliphatic rings. The van der Waals surface area contributed by atoms with Gasteiger partial charge in [-0.15, -0.1) is 0 Å². The fourth-order valence-electron chi connectivity index (χ4n) is 3.29. The Labute approximate surface area is 132 Å². The summed E-state index contributed by atoms with van der Waals surface area (Å²) in [6, 6.07) is 6.05. The van der Waals surface area contributed by atoms with E-state index < -0.39 is 0 Å². The third kappa shape index (κ3) is 3.91. The first-order valence-electron chi connectivity index (χ1n) is 8.21. The highest BCUT2D eigenvalue weighted by Gasteiger charge is 2.20. The van der Waals surface area contributed by atoms with Crippen LogP contribution < -0.4 is 14.8 Å². The van der Waals surface area contributed by atoms with Gasteiger partial charge in [-0.05, 0) is 51.4 Å². The summed E-state index contributed by atoms with van der Waals surface area (Å²) in [5, 5.41) is 13.0. The Bertz CT molecular complexity index is 485. The molecule has 122 valence electrons. The zero-order valence-electron chi connectivity index (χ0n) is 13.3. The van der Waals surface area contributed by atoms with Gasteiger partial charge < -0.3 is 24.8 Å². The molecule has 2 aliphatic heterocycles. The van der Waals surface area contributed by atoms with Crippen LogP contribution in [0.1, 0.15) is 25.3 Å². The van der Waals surface area contributed by atoms with E-state index in [1.165, 1.54) is 18.4 Å². The maximum absolute atomic E-state index is 9.44. The monoisotopic (exact) mass is 306 g/mol. The zero-order valence-corrected chi connectivity index (χ0v) is 13.3. The summed E-state index contributed by atoms with van der Waals surface area (Å²) in [5.41, 5.74) is 1.17. The lowest BCUT2D eigenvalue weighted by atomic mass is 9.96. The number of ether oxygens (including phenoxy) is 2. The molecule has 22 heavy (non-hydrogen) atoms. The van der Waals surface area contributed by atoms with Crippen LogP contribution in [0.25, 0.3) is 0 Å². The summed E-state index contributed by atoms with van der Waals surface area (Å²) in [6.45, 7) is 7.02. The normalized spacial score (nSPS) is 20.3. The van der Waals surface area contributed by atoms with Crippen LogP contribution in [0.4, 0.5) is 0 Å². The lowest BCUT2D eigenvalue weighted by Crippen LogP contribution is -2.40. The zero-order chi connectivity index (χ0) is 15.4. The molecule has 2 heterocycles. The molecule has 1 saturated heterocycles. The molecule has 1 unspecified atom stereocenters. The molecule has 1 aromatic carbocycles. The number of hydrogen-bond donors (Lipinski definition) is 2. The average Bonchev–Trinajstić information content (AvgIpc) is 2.98. The SMILES string of the molecule is CC(O)CN1CCC(CNCc2cccc3c2OCO3)CC1. The van der Waals surface area contributed by atoms with Crippen molar-refractivity contribution < 1.29 is 14.6 Å². The molecule has 0 aromatic heterocycles. The number of likely N-dealkylation sites (tertiary alicyclic amines) is 1. The van der Waals surface area contributed by atoms with E-state index in [1.807, 2.05) is 19.1 Å². The Morgan fingerprint density at radius 1 is 1.32 bits per heavy atom. The predicted octanol–water partition coefficient (Wildman–Crippen LogP) is 1.60. The molecule has 1 atom stereocenters. The highest BCUT2D eigenvalue weighted by atomic mass is 16.7. The van der Waals surface area contributed by atoms with E-state index in [-0.39, 0.29) is 6.10 Å². The Balaban J connectivity index is 1.40. The van der Waals surface area contributed by atoms with Crippen molar-refractivity contribution in [1.29, 1.82) is 0 Å². The number of nitrogens with one attached hydrogen (secondary N) is 1. The van der Waals surface area contributed by atoms with Gasteiger partial charge in [-0.2, -0.15) is 0 Å². The summed E-state index contributed by atoms with van der Waals surface area (Å²) in [5.74, 6) is 2.46. The quantitative estimate of drug-likeness (QED) is 0.836. The van der Waals surface area contributed by atoms with Gasteiger partial charge in [0.1, 0.15) is 0 Å². The minimum absolute atomic E-state index is 0.225. The van der Waals surface area contributed by atoms with Crippen LogP contribution in [-0.4, -0.2) is 49.1 Å². The van der Waals surface area contributed by atoms with Gasteiger partial charge in [-0.3, -0.25) is 0 Å². The van der Waals surface area contributed by atoms with Gasteiger partial charge in [0.25, 0.3) is 0 Å². The number of aliphatic hydroxyl groups excluding tert-OH is 1. The van der Waals surface area contributed by atoms with Crippen molar-refractivity contribution in [2.75, 3.05) is 33.0 Å². The standard InChI is InChI=1S/C17H26N2O3/c1-13(20)11-19-7-5-14(6-8-19)9-18-10-15-3-2-4-16-17(15)22-12-21-16/h2-4,13-14,18,20H,5-12H2,1H3. The average molecular weight is 306 g/mol.